The van der Waals surface area contributed by atoms with Crippen LogP contribution in [0.25, 0.3) is 0 Å². The van der Waals surface area contributed by atoms with Gasteiger partial charge in [0.1, 0.15) is 17.3 Å². The van der Waals surface area contributed by atoms with Crippen molar-refractivity contribution in [2.75, 3.05) is 21.3 Å². The summed E-state index contributed by atoms with van der Waals surface area (Å²) in [5.74, 6) is -2.62. The van der Waals surface area contributed by atoms with Crippen LogP contribution < -0.4 is 4.74 Å². The molecule has 7 nitrogen and oxygen atoms in total. The maximum absolute atomic E-state index is 12.7. The lowest BCUT2D eigenvalue weighted by molar-refractivity contribution is -0.203. The van der Waals surface area contributed by atoms with Gasteiger partial charge in [-0.2, -0.15) is 0 Å². The highest BCUT2D eigenvalue weighted by Gasteiger charge is 2.76. The number of carbonyl (C=O) groups is 3. The lowest BCUT2D eigenvalue weighted by atomic mass is 9.71. The van der Waals surface area contributed by atoms with E-state index in [-0.39, 0.29) is 6.42 Å². The Labute approximate surface area is 145 Å². The summed E-state index contributed by atoms with van der Waals surface area (Å²) in [5, 5.41) is 0. The Balaban J connectivity index is 2.18. The number of benzene rings is 1. The highest BCUT2D eigenvalue weighted by atomic mass is 16.6. The first-order chi connectivity index (χ1) is 11.8. The average molecular weight is 348 g/mol. The van der Waals surface area contributed by atoms with Crippen molar-refractivity contribution in [3.05, 3.63) is 29.8 Å². The Kier molecular flexibility index (Phi) is 3.97. The molecule has 2 aliphatic rings. The molecule has 1 saturated carbocycles. The summed E-state index contributed by atoms with van der Waals surface area (Å²) in [6.45, 7) is 1.73. The largest absolute Gasteiger partial charge is 0.497 e. The number of hydrogen-bond donors (Lipinski definition) is 0. The molecule has 0 spiro atoms. The van der Waals surface area contributed by atoms with Crippen molar-refractivity contribution in [2.45, 2.75) is 24.9 Å². The fourth-order valence-electron chi connectivity index (χ4n) is 4.26. The van der Waals surface area contributed by atoms with Crippen LogP contribution in [-0.4, -0.2) is 44.8 Å². The average Bonchev–Trinajstić information content (AvgIpc) is 2.85. The second kappa shape index (κ2) is 5.75. The van der Waals surface area contributed by atoms with Gasteiger partial charge in [0.15, 0.2) is 5.41 Å². The maximum atomic E-state index is 12.7. The topological polar surface area (TPSA) is 88.1 Å². The first-order valence-electron chi connectivity index (χ1n) is 7.87. The van der Waals surface area contributed by atoms with E-state index >= 15 is 0 Å². The normalized spacial score (nSPS) is 29.0. The second-order valence-electron chi connectivity index (χ2n) is 6.59. The summed E-state index contributed by atoms with van der Waals surface area (Å²) in [6, 6.07) is 6.91. The van der Waals surface area contributed by atoms with Gasteiger partial charge in [-0.25, -0.2) is 0 Å². The van der Waals surface area contributed by atoms with Crippen LogP contribution in [0.1, 0.15) is 24.8 Å². The third kappa shape index (κ3) is 2.22. The van der Waals surface area contributed by atoms with Gasteiger partial charge in [-0.05, 0) is 24.6 Å². The minimum absolute atomic E-state index is 0.0203. The molecule has 1 aliphatic carbocycles. The number of esters is 3. The number of rotatable bonds is 4. The van der Waals surface area contributed by atoms with Gasteiger partial charge in [-0.15, -0.1) is 0 Å². The quantitative estimate of drug-likeness (QED) is 0.462. The third-order valence-electron chi connectivity index (χ3n) is 5.31. The number of ether oxygens (including phenoxy) is 4. The van der Waals surface area contributed by atoms with E-state index in [1.54, 1.807) is 31.2 Å². The van der Waals surface area contributed by atoms with Crippen LogP contribution in [0.4, 0.5) is 0 Å². The zero-order valence-corrected chi connectivity index (χ0v) is 14.5. The molecule has 1 saturated heterocycles. The monoisotopic (exact) mass is 348 g/mol. The van der Waals surface area contributed by atoms with Crippen LogP contribution >= 0.6 is 0 Å². The van der Waals surface area contributed by atoms with Crippen molar-refractivity contribution in [3.63, 3.8) is 0 Å². The molecule has 1 heterocycles. The number of fused-ring (bicyclic) bond motifs is 1. The van der Waals surface area contributed by atoms with Gasteiger partial charge in [-0.1, -0.05) is 12.1 Å². The highest BCUT2D eigenvalue weighted by Crippen LogP contribution is 2.64. The first kappa shape index (κ1) is 17.3. The van der Waals surface area contributed by atoms with Crippen LogP contribution in [0.2, 0.25) is 0 Å². The molecule has 1 aliphatic heterocycles. The Morgan fingerprint density at radius 2 is 1.60 bits per heavy atom. The molecule has 0 radical (unpaired) electrons. The van der Waals surface area contributed by atoms with Crippen molar-refractivity contribution in [3.8, 4) is 5.75 Å². The molecule has 3 atom stereocenters. The van der Waals surface area contributed by atoms with Crippen LogP contribution in [0.15, 0.2) is 24.3 Å². The molecule has 7 heteroatoms. The summed E-state index contributed by atoms with van der Waals surface area (Å²) in [6.07, 6.45) is 0.0203. The third-order valence-corrected chi connectivity index (χ3v) is 5.31. The molecule has 0 bridgehead atoms. The minimum atomic E-state index is -1.64. The molecular weight excluding hydrogens is 328 g/mol. The maximum Gasteiger partial charge on any atom is 0.324 e. The SMILES string of the molecule is COC(=O)C1(C(=O)OC)C[C@@]2(C)OC(=O)[C@H]2[C@@H]1c1ccc(OC)cc1. The molecule has 0 unspecified atom stereocenters. The van der Waals surface area contributed by atoms with Gasteiger partial charge in [0.2, 0.25) is 0 Å². The van der Waals surface area contributed by atoms with Gasteiger partial charge in [0.25, 0.3) is 0 Å². The van der Waals surface area contributed by atoms with E-state index in [2.05, 4.69) is 0 Å². The van der Waals surface area contributed by atoms with E-state index in [0.717, 1.165) is 0 Å². The summed E-state index contributed by atoms with van der Waals surface area (Å²) in [7, 11) is 3.96. The Morgan fingerprint density at radius 3 is 2.04 bits per heavy atom. The van der Waals surface area contributed by atoms with Crippen molar-refractivity contribution in [1.82, 2.24) is 0 Å². The van der Waals surface area contributed by atoms with Gasteiger partial charge < -0.3 is 18.9 Å². The zero-order valence-electron chi connectivity index (χ0n) is 14.5. The lowest BCUT2D eigenvalue weighted by Gasteiger charge is -2.42. The fraction of sp³-hybridized carbons (Fsp3) is 0.500. The number of carbonyl (C=O) groups excluding carboxylic acids is 3. The second-order valence-corrected chi connectivity index (χ2v) is 6.59. The van der Waals surface area contributed by atoms with Crippen LogP contribution in [0.3, 0.4) is 0 Å². The van der Waals surface area contributed by atoms with Crippen LogP contribution in [0.5, 0.6) is 5.75 Å². The van der Waals surface area contributed by atoms with Gasteiger partial charge in [0.05, 0.1) is 21.3 Å². The molecule has 3 rings (SSSR count). The summed E-state index contributed by atoms with van der Waals surface area (Å²) < 4.78 is 20.3. The van der Waals surface area contributed by atoms with E-state index in [1.165, 1.54) is 21.3 Å². The molecular formula is C18H20O7. The van der Waals surface area contributed by atoms with E-state index in [0.29, 0.717) is 11.3 Å². The van der Waals surface area contributed by atoms with Crippen molar-refractivity contribution >= 4 is 17.9 Å². The minimum Gasteiger partial charge on any atom is -0.497 e. The summed E-state index contributed by atoms with van der Waals surface area (Å²) in [4.78, 5) is 37.6. The van der Waals surface area contributed by atoms with Gasteiger partial charge in [-0.3, -0.25) is 14.4 Å². The number of hydrogen-bond acceptors (Lipinski definition) is 7. The molecule has 1 aromatic rings. The predicted octanol–water partition coefficient (Wildman–Crippen LogP) is 1.45. The Hall–Kier alpha value is -2.57. The molecule has 1 aromatic carbocycles. The van der Waals surface area contributed by atoms with Gasteiger partial charge in [0, 0.05) is 12.3 Å². The van der Waals surface area contributed by atoms with Crippen molar-refractivity contribution in [2.24, 2.45) is 11.3 Å². The molecule has 2 fully saturated rings. The predicted molar refractivity (Wildman–Crippen MR) is 84.8 cm³/mol. The smallest absolute Gasteiger partial charge is 0.324 e. The lowest BCUT2D eigenvalue weighted by Crippen LogP contribution is -2.53. The van der Waals surface area contributed by atoms with E-state index in [1.807, 2.05) is 0 Å². The van der Waals surface area contributed by atoms with Crippen LogP contribution in [-0.2, 0) is 28.6 Å². The molecule has 0 amide bonds. The zero-order chi connectivity index (χ0) is 18.4. The molecule has 134 valence electrons. The molecule has 25 heavy (non-hydrogen) atoms. The highest BCUT2D eigenvalue weighted by molar-refractivity contribution is 6.04. The van der Waals surface area contributed by atoms with E-state index in [9.17, 15) is 14.4 Å². The number of methoxy groups -OCH3 is 3. The fourth-order valence-corrected chi connectivity index (χ4v) is 4.26. The standard InChI is InChI=1S/C18H20O7/c1-17-9-18(15(20)23-3,16(21)24-4)12(13(17)14(19)25-17)10-5-7-11(22-2)8-6-10/h5-8,12-13H,9H2,1-4H3/t12-,13+,17+/m0/s1. The summed E-state index contributed by atoms with van der Waals surface area (Å²) >= 11 is 0. The van der Waals surface area contributed by atoms with Crippen molar-refractivity contribution in [1.29, 1.82) is 0 Å². The van der Waals surface area contributed by atoms with E-state index < -0.39 is 40.8 Å². The Morgan fingerprint density at radius 1 is 1.04 bits per heavy atom. The first-order valence-corrected chi connectivity index (χ1v) is 7.87. The molecule has 0 aromatic heterocycles. The van der Waals surface area contributed by atoms with Gasteiger partial charge >= 0.3 is 17.9 Å². The summed E-state index contributed by atoms with van der Waals surface area (Å²) in [5.41, 5.74) is -1.89. The molecule has 0 N–H and O–H groups in total. The van der Waals surface area contributed by atoms with E-state index in [4.69, 9.17) is 18.9 Å². The van der Waals surface area contributed by atoms with Crippen molar-refractivity contribution < 1.29 is 33.3 Å². The Bertz CT molecular complexity index is 707. The van der Waals surface area contributed by atoms with Crippen LogP contribution in [0, 0.1) is 11.3 Å².